The minimum atomic E-state index is -1.41. The van der Waals surface area contributed by atoms with E-state index in [-0.39, 0.29) is 11.6 Å². The molecule has 2 aromatic rings. The Labute approximate surface area is 114 Å². The topological polar surface area (TPSA) is 12.0 Å². The van der Waals surface area contributed by atoms with Crippen molar-refractivity contribution in [3.8, 4) is 0 Å². The van der Waals surface area contributed by atoms with Crippen LogP contribution in [-0.4, -0.2) is 6.54 Å². The zero-order valence-electron chi connectivity index (χ0n) is 10.4. The molecule has 102 valence electrons. The maximum absolute atomic E-state index is 13.8. The Bertz CT molecular complexity index is 540. The third-order valence-electron chi connectivity index (χ3n) is 2.88. The predicted octanol–water partition coefficient (Wildman–Crippen LogP) is 4.06. The molecule has 19 heavy (non-hydrogen) atoms. The second-order valence-electron chi connectivity index (χ2n) is 4.16. The van der Waals surface area contributed by atoms with Crippen molar-refractivity contribution in [3.05, 3.63) is 57.5 Å². The van der Waals surface area contributed by atoms with E-state index in [2.05, 4.69) is 5.32 Å². The minimum absolute atomic E-state index is 0.161. The molecule has 0 spiro atoms. The monoisotopic (exact) mass is 285 g/mol. The van der Waals surface area contributed by atoms with Gasteiger partial charge in [-0.2, -0.15) is 0 Å². The molecular weight excluding hydrogens is 271 g/mol. The fourth-order valence-electron chi connectivity index (χ4n) is 1.98. The lowest BCUT2D eigenvalue weighted by Gasteiger charge is -2.18. The van der Waals surface area contributed by atoms with Crippen LogP contribution in [0, 0.1) is 17.5 Å². The first-order valence-electron chi connectivity index (χ1n) is 6.02. The van der Waals surface area contributed by atoms with Crippen molar-refractivity contribution in [2.45, 2.75) is 19.4 Å². The molecule has 5 heteroatoms. The molecule has 1 aromatic heterocycles. The number of hydrogen-bond donors (Lipinski definition) is 1. The van der Waals surface area contributed by atoms with E-state index in [1.807, 2.05) is 24.4 Å². The van der Waals surface area contributed by atoms with Gasteiger partial charge >= 0.3 is 0 Å². The molecule has 0 fully saturated rings. The highest BCUT2D eigenvalue weighted by Crippen LogP contribution is 2.25. The van der Waals surface area contributed by atoms with Gasteiger partial charge in [0, 0.05) is 22.9 Å². The van der Waals surface area contributed by atoms with Crippen molar-refractivity contribution in [2.24, 2.45) is 0 Å². The van der Waals surface area contributed by atoms with Crippen molar-refractivity contribution in [1.82, 2.24) is 5.32 Å². The van der Waals surface area contributed by atoms with Gasteiger partial charge in [-0.25, -0.2) is 13.2 Å². The first-order valence-corrected chi connectivity index (χ1v) is 6.90. The van der Waals surface area contributed by atoms with E-state index < -0.39 is 17.5 Å². The third kappa shape index (κ3) is 3.16. The maximum Gasteiger partial charge on any atom is 0.194 e. The summed E-state index contributed by atoms with van der Waals surface area (Å²) in [4.78, 5) is 1.06. The average molecular weight is 285 g/mol. The first kappa shape index (κ1) is 14.1. The van der Waals surface area contributed by atoms with E-state index in [9.17, 15) is 13.2 Å². The molecule has 1 unspecified atom stereocenters. The summed E-state index contributed by atoms with van der Waals surface area (Å²) in [6, 6.07) is 5.75. The summed E-state index contributed by atoms with van der Waals surface area (Å²) in [7, 11) is 0. The number of benzene rings is 1. The van der Waals surface area contributed by atoms with E-state index in [0.29, 0.717) is 13.0 Å². The van der Waals surface area contributed by atoms with Crippen LogP contribution in [0.25, 0.3) is 0 Å². The number of halogens is 3. The molecule has 0 aliphatic rings. The SMILES string of the molecule is CCNC(Cc1cccs1)c1ccc(F)c(F)c1F. The molecule has 1 N–H and O–H groups in total. The number of hydrogen-bond acceptors (Lipinski definition) is 2. The summed E-state index contributed by atoms with van der Waals surface area (Å²) in [5, 5.41) is 5.03. The van der Waals surface area contributed by atoms with Crippen LogP contribution in [0.1, 0.15) is 23.4 Å². The Balaban J connectivity index is 2.31. The number of rotatable bonds is 5. The van der Waals surface area contributed by atoms with Crippen LogP contribution in [0.2, 0.25) is 0 Å². The smallest absolute Gasteiger partial charge is 0.194 e. The van der Waals surface area contributed by atoms with Crippen LogP contribution in [0.4, 0.5) is 13.2 Å². The van der Waals surface area contributed by atoms with Gasteiger partial charge in [0.2, 0.25) is 0 Å². The van der Waals surface area contributed by atoms with E-state index in [1.54, 1.807) is 11.3 Å². The number of likely N-dealkylation sites (N-methyl/N-ethyl adjacent to an activating group) is 1. The van der Waals surface area contributed by atoms with Gasteiger partial charge in [0.15, 0.2) is 17.5 Å². The Morgan fingerprint density at radius 2 is 1.95 bits per heavy atom. The van der Waals surface area contributed by atoms with Gasteiger partial charge in [-0.05, 0) is 24.1 Å². The van der Waals surface area contributed by atoms with Crippen LogP contribution in [0.15, 0.2) is 29.6 Å². The maximum atomic E-state index is 13.8. The van der Waals surface area contributed by atoms with Crippen LogP contribution in [0.3, 0.4) is 0 Å². The lowest BCUT2D eigenvalue weighted by molar-refractivity contribution is 0.425. The molecule has 0 saturated carbocycles. The molecule has 0 aliphatic heterocycles. The molecule has 0 bridgehead atoms. The summed E-state index contributed by atoms with van der Waals surface area (Å²) in [5.41, 5.74) is 0.161. The first-order chi connectivity index (χ1) is 9.13. The zero-order chi connectivity index (χ0) is 13.8. The largest absolute Gasteiger partial charge is 0.310 e. The molecule has 1 aromatic carbocycles. The summed E-state index contributed by atoms with van der Waals surface area (Å²) < 4.78 is 40.1. The quantitative estimate of drug-likeness (QED) is 0.817. The highest BCUT2D eigenvalue weighted by Gasteiger charge is 2.20. The Morgan fingerprint density at radius 1 is 1.16 bits per heavy atom. The van der Waals surface area contributed by atoms with E-state index in [1.165, 1.54) is 6.07 Å². The molecule has 2 rings (SSSR count). The summed E-state index contributed by atoms with van der Waals surface area (Å²) >= 11 is 1.55. The summed E-state index contributed by atoms with van der Waals surface area (Å²) in [6.07, 6.45) is 0.549. The zero-order valence-corrected chi connectivity index (χ0v) is 11.2. The van der Waals surface area contributed by atoms with Gasteiger partial charge in [-0.1, -0.05) is 19.1 Å². The van der Waals surface area contributed by atoms with Crippen molar-refractivity contribution >= 4 is 11.3 Å². The third-order valence-corrected chi connectivity index (χ3v) is 3.78. The van der Waals surface area contributed by atoms with Gasteiger partial charge in [0.25, 0.3) is 0 Å². The van der Waals surface area contributed by atoms with Gasteiger partial charge in [0.05, 0.1) is 0 Å². The van der Waals surface area contributed by atoms with E-state index in [4.69, 9.17) is 0 Å². The molecule has 0 radical (unpaired) electrons. The molecule has 1 nitrogen and oxygen atoms in total. The fraction of sp³-hybridized carbons (Fsp3) is 0.286. The normalized spacial score (nSPS) is 12.6. The highest BCUT2D eigenvalue weighted by atomic mass is 32.1. The molecule has 1 atom stereocenters. The Morgan fingerprint density at radius 3 is 2.58 bits per heavy atom. The average Bonchev–Trinajstić information content (AvgIpc) is 2.89. The molecule has 1 heterocycles. The Kier molecular flexibility index (Phi) is 4.61. The second kappa shape index (κ2) is 6.21. The lowest BCUT2D eigenvalue weighted by atomic mass is 10.0. The second-order valence-corrected chi connectivity index (χ2v) is 5.19. The number of thiophene rings is 1. The lowest BCUT2D eigenvalue weighted by Crippen LogP contribution is -2.24. The fourth-order valence-corrected chi connectivity index (χ4v) is 2.73. The van der Waals surface area contributed by atoms with Crippen molar-refractivity contribution in [2.75, 3.05) is 6.54 Å². The molecule has 0 saturated heterocycles. The van der Waals surface area contributed by atoms with E-state index in [0.717, 1.165) is 10.9 Å². The Hall–Kier alpha value is -1.33. The minimum Gasteiger partial charge on any atom is -0.310 e. The van der Waals surface area contributed by atoms with Gasteiger partial charge < -0.3 is 5.32 Å². The molecule has 0 aliphatic carbocycles. The van der Waals surface area contributed by atoms with Crippen LogP contribution in [-0.2, 0) is 6.42 Å². The standard InChI is InChI=1S/C14H14F3NS/c1-2-18-12(8-9-4-3-7-19-9)10-5-6-11(15)14(17)13(10)16/h3-7,12,18H,2,8H2,1H3. The highest BCUT2D eigenvalue weighted by molar-refractivity contribution is 7.09. The predicted molar refractivity (Wildman–Crippen MR) is 70.8 cm³/mol. The van der Waals surface area contributed by atoms with Crippen molar-refractivity contribution in [3.63, 3.8) is 0 Å². The molecule has 0 amide bonds. The summed E-state index contributed by atoms with van der Waals surface area (Å²) in [6.45, 7) is 2.51. The molecular formula is C14H14F3NS. The number of nitrogens with one attached hydrogen (secondary N) is 1. The van der Waals surface area contributed by atoms with Crippen LogP contribution in [0.5, 0.6) is 0 Å². The van der Waals surface area contributed by atoms with Crippen molar-refractivity contribution < 1.29 is 13.2 Å². The van der Waals surface area contributed by atoms with Crippen LogP contribution >= 0.6 is 11.3 Å². The summed E-state index contributed by atoms with van der Waals surface area (Å²) in [5.74, 6) is -3.68. The van der Waals surface area contributed by atoms with Gasteiger partial charge in [-0.15, -0.1) is 11.3 Å². The van der Waals surface area contributed by atoms with Gasteiger partial charge in [0.1, 0.15) is 0 Å². The van der Waals surface area contributed by atoms with E-state index >= 15 is 0 Å². The van der Waals surface area contributed by atoms with Crippen molar-refractivity contribution in [1.29, 1.82) is 0 Å². The van der Waals surface area contributed by atoms with Gasteiger partial charge in [-0.3, -0.25) is 0 Å². The van der Waals surface area contributed by atoms with Crippen LogP contribution < -0.4 is 5.32 Å².